The number of nitrogens with one attached hydrogen (secondary N) is 2. The third-order valence-electron chi connectivity index (χ3n) is 3.78. The summed E-state index contributed by atoms with van der Waals surface area (Å²) in [4.78, 5) is 12.2. The zero-order chi connectivity index (χ0) is 18.2. The zero-order valence-electron chi connectivity index (χ0n) is 15.5. The van der Waals surface area contributed by atoms with E-state index in [0.717, 1.165) is 5.69 Å². The average Bonchev–Trinajstić information content (AvgIpc) is 2.56. The SMILES string of the molecule is CC(C)Oc1ccccc1NC(=O)CCNc1ccc(C(C)C)cc1. The Morgan fingerprint density at radius 2 is 1.68 bits per heavy atom. The van der Waals surface area contributed by atoms with E-state index in [1.807, 2.05) is 38.1 Å². The average molecular weight is 340 g/mol. The number of carbonyl (C=O) groups excluding carboxylic acids is 1. The molecule has 1 amide bonds. The molecule has 2 N–H and O–H groups in total. The van der Waals surface area contributed by atoms with Crippen molar-refractivity contribution in [1.29, 1.82) is 0 Å². The highest BCUT2D eigenvalue weighted by molar-refractivity contribution is 5.92. The van der Waals surface area contributed by atoms with Gasteiger partial charge in [-0.05, 0) is 49.6 Å². The highest BCUT2D eigenvalue weighted by Crippen LogP contribution is 2.25. The van der Waals surface area contributed by atoms with Crippen LogP contribution in [0.1, 0.15) is 45.6 Å². The Kier molecular flexibility index (Phi) is 6.87. The molecule has 0 unspecified atom stereocenters. The number of rotatable bonds is 8. The van der Waals surface area contributed by atoms with Gasteiger partial charge in [0.05, 0.1) is 11.8 Å². The summed E-state index contributed by atoms with van der Waals surface area (Å²) in [7, 11) is 0. The van der Waals surface area contributed by atoms with E-state index in [0.29, 0.717) is 30.3 Å². The summed E-state index contributed by atoms with van der Waals surface area (Å²) in [6, 6.07) is 15.8. The highest BCUT2D eigenvalue weighted by Gasteiger charge is 2.08. The fourth-order valence-electron chi connectivity index (χ4n) is 2.45. The first-order valence-corrected chi connectivity index (χ1v) is 8.85. The summed E-state index contributed by atoms with van der Waals surface area (Å²) in [5.41, 5.74) is 3.05. The lowest BCUT2D eigenvalue weighted by atomic mass is 10.0. The minimum atomic E-state index is -0.0360. The molecule has 2 aromatic rings. The standard InChI is InChI=1S/C21H28N2O2/c1-15(2)17-9-11-18(12-10-17)22-14-13-21(24)23-19-7-5-6-8-20(19)25-16(3)4/h5-12,15-16,22H,13-14H2,1-4H3,(H,23,24). The van der Waals surface area contributed by atoms with Gasteiger partial charge in [-0.25, -0.2) is 0 Å². The van der Waals surface area contributed by atoms with E-state index in [2.05, 4.69) is 48.7 Å². The van der Waals surface area contributed by atoms with Crippen LogP contribution in [0.15, 0.2) is 48.5 Å². The summed E-state index contributed by atoms with van der Waals surface area (Å²) < 4.78 is 5.72. The topological polar surface area (TPSA) is 50.4 Å². The van der Waals surface area contributed by atoms with E-state index in [1.165, 1.54) is 5.56 Å². The van der Waals surface area contributed by atoms with Gasteiger partial charge >= 0.3 is 0 Å². The minimum absolute atomic E-state index is 0.0360. The smallest absolute Gasteiger partial charge is 0.226 e. The molecule has 0 heterocycles. The van der Waals surface area contributed by atoms with Crippen molar-refractivity contribution >= 4 is 17.3 Å². The van der Waals surface area contributed by atoms with Gasteiger partial charge in [-0.2, -0.15) is 0 Å². The maximum absolute atomic E-state index is 12.2. The van der Waals surface area contributed by atoms with Gasteiger partial charge in [0.25, 0.3) is 0 Å². The Labute approximate surface area is 150 Å². The van der Waals surface area contributed by atoms with Gasteiger partial charge in [0.2, 0.25) is 5.91 Å². The van der Waals surface area contributed by atoms with Gasteiger partial charge in [0.1, 0.15) is 5.75 Å². The number of hydrogen-bond acceptors (Lipinski definition) is 3. The lowest BCUT2D eigenvalue weighted by Gasteiger charge is -2.15. The maximum Gasteiger partial charge on any atom is 0.226 e. The van der Waals surface area contributed by atoms with Gasteiger partial charge in [0, 0.05) is 18.7 Å². The molecule has 0 saturated heterocycles. The molecule has 2 rings (SSSR count). The van der Waals surface area contributed by atoms with E-state index in [-0.39, 0.29) is 12.0 Å². The number of para-hydroxylation sites is 2. The molecule has 0 bridgehead atoms. The molecule has 0 saturated carbocycles. The lowest BCUT2D eigenvalue weighted by Crippen LogP contribution is -2.17. The molecular weight excluding hydrogens is 312 g/mol. The molecule has 4 heteroatoms. The minimum Gasteiger partial charge on any atom is -0.489 e. The van der Waals surface area contributed by atoms with Crippen LogP contribution in [0.3, 0.4) is 0 Å². The summed E-state index contributed by atoms with van der Waals surface area (Å²) in [6.45, 7) is 8.86. The van der Waals surface area contributed by atoms with Crippen molar-refractivity contribution in [1.82, 2.24) is 0 Å². The van der Waals surface area contributed by atoms with Gasteiger partial charge in [-0.3, -0.25) is 4.79 Å². The number of benzene rings is 2. The summed E-state index contributed by atoms with van der Waals surface area (Å²) in [5, 5.41) is 6.20. The predicted octanol–water partition coefficient (Wildman–Crippen LogP) is 5.04. The Morgan fingerprint density at radius 3 is 2.32 bits per heavy atom. The van der Waals surface area contributed by atoms with Crippen molar-refractivity contribution in [2.24, 2.45) is 0 Å². The molecule has 0 aliphatic carbocycles. The van der Waals surface area contributed by atoms with Crippen molar-refractivity contribution < 1.29 is 9.53 Å². The Hall–Kier alpha value is -2.49. The third-order valence-corrected chi connectivity index (χ3v) is 3.78. The highest BCUT2D eigenvalue weighted by atomic mass is 16.5. The van der Waals surface area contributed by atoms with Crippen LogP contribution in [0.5, 0.6) is 5.75 Å². The number of carbonyl (C=O) groups is 1. The van der Waals surface area contributed by atoms with Crippen LogP contribution in [0.25, 0.3) is 0 Å². The van der Waals surface area contributed by atoms with E-state index >= 15 is 0 Å². The second kappa shape index (κ2) is 9.11. The van der Waals surface area contributed by atoms with Crippen LogP contribution in [0.2, 0.25) is 0 Å². The molecule has 134 valence electrons. The first-order valence-electron chi connectivity index (χ1n) is 8.85. The fraction of sp³-hybridized carbons (Fsp3) is 0.381. The normalized spacial score (nSPS) is 10.8. The van der Waals surface area contributed by atoms with Crippen molar-refractivity contribution in [3.05, 3.63) is 54.1 Å². The molecule has 0 radical (unpaired) electrons. The number of ether oxygens (including phenoxy) is 1. The largest absolute Gasteiger partial charge is 0.489 e. The Bertz CT molecular complexity index is 679. The fourth-order valence-corrected chi connectivity index (χ4v) is 2.45. The maximum atomic E-state index is 12.2. The second-order valence-corrected chi connectivity index (χ2v) is 6.66. The molecule has 25 heavy (non-hydrogen) atoms. The van der Waals surface area contributed by atoms with E-state index in [4.69, 9.17) is 4.74 Å². The molecular formula is C21H28N2O2. The van der Waals surface area contributed by atoms with E-state index in [9.17, 15) is 4.79 Å². The van der Waals surface area contributed by atoms with E-state index < -0.39 is 0 Å². The molecule has 0 atom stereocenters. The number of amides is 1. The van der Waals surface area contributed by atoms with Gasteiger partial charge in [0.15, 0.2) is 0 Å². The molecule has 0 aliphatic heterocycles. The monoisotopic (exact) mass is 340 g/mol. The van der Waals surface area contributed by atoms with Gasteiger partial charge < -0.3 is 15.4 Å². The van der Waals surface area contributed by atoms with Crippen LogP contribution in [0.4, 0.5) is 11.4 Å². The van der Waals surface area contributed by atoms with Crippen LogP contribution in [-0.4, -0.2) is 18.6 Å². The van der Waals surface area contributed by atoms with Crippen molar-refractivity contribution in [3.8, 4) is 5.75 Å². The van der Waals surface area contributed by atoms with Gasteiger partial charge in [-0.1, -0.05) is 38.1 Å². The number of anilines is 2. The first kappa shape index (κ1) is 18.8. The lowest BCUT2D eigenvalue weighted by molar-refractivity contribution is -0.116. The Balaban J connectivity index is 1.83. The van der Waals surface area contributed by atoms with Crippen LogP contribution < -0.4 is 15.4 Å². The predicted molar refractivity (Wildman–Crippen MR) is 104 cm³/mol. The second-order valence-electron chi connectivity index (χ2n) is 6.66. The summed E-state index contributed by atoms with van der Waals surface area (Å²) in [6.07, 6.45) is 0.454. The van der Waals surface area contributed by atoms with Crippen LogP contribution in [0, 0.1) is 0 Å². The number of hydrogen-bond donors (Lipinski definition) is 2. The quantitative estimate of drug-likeness (QED) is 0.708. The zero-order valence-corrected chi connectivity index (χ0v) is 15.5. The molecule has 4 nitrogen and oxygen atoms in total. The van der Waals surface area contributed by atoms with Crippen LogP contribution >= 0.6 is 0 Å². The van der Waals surface area contributed by atoms with Crippen molar-refractivity contribution in [2.45, 2.75) is 46.1 Å². The summed E-state index contributed by atoms with van der Waals surface area (Å²) in [5.74, 6) is 1.18. The molecule has 2 aromatic carbocycles. The van der Waals surface area contributed by atoms with Crippen molar-refractivity contribution in [2.75, 3.05) is 17.2 Å². The van der Waals surface area contributed by atoms with Crippen molar-refractivity contribution in [3.63, 3.8) is 0 Å². The third kappa shape index (κ3) is 6.14. The van der Waals surface area contributed by atoms with E-state index in [1.54, 1.807) is 0 Å². The molecule has 0 fully saturated rings. The van der Waals surface area contributed by atoms with Crippen LogP contribution in [-0.2, 0) is 4.79 Å². The molecule has 0 aliphatic rings. The molecule has 0 spiro atoms. The molecule has 0 aromatic heterocycles. The van der Waals surface area contributed by atoms with Gasteiger partial charge in [-0.15, -0.1) is 0 Å². The Morgan fingerprint density at radius 1 is 1.00 bits per heavy atom. The first-order chi connectivity index (χ1) is 12.0. The summed E-state index contributed by atoms with van der Waals surface area (Å²) >= 11 is 0.